The topological polar surface area (TPSA) is 50.2 Å². The second-order valence-corrected chi connectivity index (χ2v) is 8.28. The average molecular weight is 442 g/mol. The highest BCUT2D eigenvalue weighted by molar-refractivity contribution is 6.31. The van der Waals surface area contributed by atoms with E-state index in [4.69, 9.17) is 11.6 Å². The first-order valence-corrected chi connectivity index (χ1v) is 11.0. The van der Waals surface area contributed by atoms with Crippen LogP contribution in [0.2, 0.25) is 5.02 Å². The van der Waals surface area contributed by atoms with Crippen LogP contribution in [0.25, 0.3) is 23.1 Å². The molecule has 1 aromatic heterocycles. The number of hydrogen-bond donors (Lipinski definition) is 1. The van der Waals surface area contributed by atoms with Gasteiger partial charge in [0.05, 0.1) is 17.3 Å². The molecule has 0 aliphatic carbocycles. The lowest BCUT2D eigenvalue weighted by Crippen LogP contribution is -2.04. The standard InChI is InChI=1S/C28H24ClNO2/c1-19(31)26-8-3-2-6-21(26)12-16-28(32)23-7-4-5-20(17-23)9-14-25-15-11-22-10-13-24(29)18-27(22)30-25/h2-11,13-15,17-18,28,32H,12,16H2,1H3/b14-9+/t28-/m0/s1. The summed E-state index contributed by atoms with van der Waals surface area (Å²) in [5.41, 5.74) is 5.23. The van der Waals surface area contributed by atoms with E-state index in [0.29, 0.717) is 17.9 Å². The number of aliphatic hydroxyl groups excluding tert-OH is 1. The molecule has 3 aromatic carbocycles. The highest BCUT2D eigenvalue weighted by Crippen LogP contribution is 2.23. The Balaban J connectivity index is 1.47. The maximum Gasteiger partial charge on any atom is 0.160 e. The Morgan fingerprint density at radius 3 is 2.66 bits per heavy atom. The number of rotatable bonds is 7. The number of nitrogens with zero attached hydrogens (tertiary/aromatic N) is 1. The molecule has 1 N–H and O–H groups in total. The van der Waals surface area contributed by atoms with Crippen molar-refractivity contribution in [2.45, 2.75) is 25.9 Å². The molecule has 3 nitrogen and oxygen atoms in total. The minimum atomic E-state index is -0.607. The zero-order valence-corrected chi connectivity index (χ0v) is 18.6. The molecule has 32 heavy (non-hydrogen) atoms. The fraction of sp³-hybridized carbons (Fsp3) is 0.143. The number of aliphatic hydroxyl groups is 1. The molecule has 1 atom stereocenters. The smallest absolute Gasteiger partial charge is 0.160 e. The number of pyridine rings is 1. The highest BCUT2D eigenvalue weighted by atomic mass is 35.5. The Bertz CT molecular complexity index is 1300. The van der Waals surface area contributed by atoms with Gasteiger partial charge in [0.2, 0.25) is 0 Å². The summed E-state index contributed by atoms with van der Waals surface area (Å²) in [6.45, 7) is 1.57. The van der Waals surface area contributed by atoms with Gasteiger partial charge in [0.25, 0.3) is 0 Å². The first-order chi connectivity index (χ1) is 15.5. The molecule has 0 bridgehead atoms. The first-order valence-electron chi connectivity index (χ1n) is 10.6. The van der Waals surface area contributed by atoms with Crippen LogP contribution in [0.15, 0.2) is 78.9 Å². The summed E-state index contributed by atoms with van der Waals surface area (Å²) in [6.07, 6.45) is 4.52. The Labute approximate surface area is 193 Å². The van der Waals surface area contributed by atoms with Gasteiger partial charge in [-0.15, -0.1) is 0 Å². The summed E-state index contributed by atoms with van der Waals surface area (Å²) in [6, 6.07) is 25.1. The van der Waals surface area contributed by atoms with Gasteiger partial charge in [0, 0.05) is 16.0 Å². The third-order valence-corrected chi connectivity index (χ3v) is 5.74. The Morgan fingerprint density at radius 2 is 1.81 bits per heavy atom. The number of aryl methyl sites for hydroxylation is 1. The van der Waals surface area contributed by atoms with Gasteiger partial charge in [-0.2, -0.15) is 0 Å². The van der Waals surface area contributed by atoms with Crippen molar-refractivity contribution in [2.24, 2.45) is 0 Å². The van der Waals surface area contributed by atoms with Crippen molar-refractivity contribution in [1.29, 1.82) is 0 Å². The van der Waals surface area contributed by atoms with Crippen molar-refractivity contribution in [3.63, 3.8) is 0 Å². The second-order valence-electron chi connectivity index (χ2n) is 7.84. The molecule has 4 rings (SSSR count). The van der Waals surface area contributed by atoms with E-state index >= 15 is 0 Å². The number of aromatic nitrogens is 1. The number of carbonyl (C=O) groups is 1. The van der Waals surface area contributed by atoms with E-state index in [1.165, 1.54) is 0 Å². The molecule has 0 saturated carbocycles. The Hall–Kier alpha value is -3.27. The van der Waals surface area contributed by atoms with E-state index in [0.717, 1.165) is 38.9 Å². The van der Waals surface area contributed by atoms with Crippen molar-refractivity contribution in [3.8, 4) is 0 Å². The van der Waals surface area contributed by atoms with Gasteiger partial charge in [-0.25, -0.2) is 4.98 Å². The number of hydrogen-bond acceptors (Lipinski definition) is 3. The van der Waals surface area contributed by atoms with Crippen molar-refractivity contribution >= 4 is 40.4 Å². The van der Waals surface area contributed by atoms with Crippen LogP contribution in [0.4, 0.5) is 0 Å². The first kappa shape index (κ1) is 21.9. The fourth-order valence-electron chi connectivity index (χ4n) is 3.79. The molecule has 0 radical (unpaired) electrons. The SMILES string of the molecule is CC(=O)c1ccccc1CC[C@H](O)c1cccc(/C=C/c2ccc3ccc(Cl)cc3n2)c1. The van der Waals surface area contributed by atoms with Crippen LogP contribution >= 0.6 is 11.6 Å². The van der Waals surface area contributed by atoms with Crippen LogP contribution in [0.1, 0.15) is 52.2 Å². The fourth-order valence-corrected chi connectivity index (χ4v) is 3.96. The van der Waals surface area contributed by atoms with Gasteiger partial charge in [-0.3, -0.25) is 4.79 Å². The maximum atomic E-state index is 11.8. The number of ketones is 1. The summed E-state index contributed by atoms with van der Waals surface area (Å²) in [7, 11) is 0. The van der Waals surface area contributed by atoms with Gasteiger partial charge in [0.15, 0.2) is 5.78 Å². The van der Waals surface area contributed by atoms with Crippen LogP contribution < -0.4 is 0 Å². The molecular weight excluding hydrogens is 418 g/mol. The molecule has 160 valence electrons. The molecule has 4 aromatic rings. The summed E-state index contributed by atoms with van der Waals surface area (Å²) >= 11 is 6.08. The molecule has 1 heterocycles. The van der Waals surface area contributed by atoms with Crippen molar-refractivity contribution in [1.82, 2.24) is 4.98 Å². The Morgan fingerprint density at radius 1 is 1.00 bits per heavy atom. The van der Waals surface area contributed by atoms with Crippen LogP contribution in [0.5, 0.6) is 0 Å². The van der Waals surface area contributed by atoms with Crippen molar-refractivity contribution in [3.05, 3.63) is 112 Å². The van der Waals surface area contributed by atoms with Gasteiger partial charge < -0.3 is 5.11 Å². The van der Waals surface area contributed by atoms with Gasteiger partial charge >= 0.3 is 0 Å². The maximum absolute atomic E-state index is 11.8. The van der Waals surface area contributed by atoms with E-state index in [1.54, 1.807) is 6.92 Å². The molecule has 0 unspecified atom stereocenters. The van der Waals surface area contributed by atoms with E-state index < -0.39 is 6.10 Å². The highest BCUT2D eigenvalue weighted by Gasteiger charge is 2.11. The summed E-state index contributed by atoms with van der Waals surface area (Å²) in [4.78, 5) is 16.5. The van der Waals surface area contributed by atoms with Crippen LogP contribution in [-0.4, -0.2) is 15.9 Å². The number of benzene rings is 3. The normalized spacial score (nSPS) is 12.3. The molecule has 0 fully saturated rings. The summed E-state index contributed by atoms with van der Waals surface area (Å²) in [5, 5.41) is 12.4. The predicted molar refractivity (Wildman–Crippen MR) is 132 cm³/mol. The van der Waals surface area contributed by atoms with Gasteiger partial charge in [0.1, 0.15) is 0 Å². The lowest BCUT2D eigenvalue weighted by Gasteiger charge is -2.13. The van der Waals surface area contributed by atoms with Crippen LogP contribution in [-0.2, 0) is 6.42 Å². The number of Topliss-reactive ketones (excluding diaryl/α,β-unsaturated/α-hetero) is 1. The third kappa shape index (κ3) is 5.31. The van der Waals surface area contributed by atoms with Gasteiger partial charge in [-0.05, 0) is 66.8 Å². The quantitative estimate of drug-likeness (QED) is 0.316. The monoisotopic (exact) mass is 441 g/mol. The summed E-state index contributed by atoms with van der Waals surface area (Å²) in [5.74, 6) is 0.0480. The third-order valence-electron chi connectivity index (χ3n) is 5.50. The molecular formula is C28H24ClNO2. The van der Waals surface area contributed by atoms with Gasteiger partial charge in [-0.1, -0.05) is 72.3 Å². The Kier molecular flexibility index (Phi) is 6.79. The van der Waals surface area contributed by atoms with Crippen LogP contribution in [0.3, 0.4) is 0 Å². The van der Waals surface area contributed by atoms with Crippen molar-refractivity contribution in [2.75, 3.05) is 0 Å². The minimum absolute atomic E-state index is 0.0480. The predicted octanol–water partition coefficient (Wildman–Crippen LogP) is 6.93. The molecule has 0 aliphatic heterocycles. The van der Waals surface area contributed by atoms with E-state index in [9.17, 15) is 9.90 Å². The largest absolute Gasteiger partial charge is 0.388 e. The van der Waals surface area contributed by atoms with Crippen LogP contribution in [0, 0.1) is 0 Å². The molecule has 4 heteroatoms. The van der Waals surface area contributed by atoms with E-state index in [1.807, 2.05) is 91.0 Å². The average Bonchev–Trinajstić information content (AvgIpc) is 2.81. The number of fused-ring (bicyclic) bond motifs is 1. The lowest BCUT2D eigenvalue weighted by atomic mass is 9.96. The second kappa shape index (κ2) is 9.90. The van der Waals surface area contributed by atoms with E-state index in [2.05, 4.69) is 4.98 Å². The zero-order chi connectivity index (χ0) is 22.5. The summed E-state index contributed by atoms with van der Waals surface area (Å²) < 4.78 is 0. The molecule has 0 spiro atoms. The lowest BCUT2D eigenvalue weighted by molar-refractivity contribution is 0.101. The molecule has 0 amide bonds. The number of carbonyl (C=O) groups excluding carboxylic acids is 1. The zero-order valence-electron chi connectivity index (χ0n) is 17.8. The van der Waals surface area contributed by atoms with E-state index in [-0.39, 0.29) is 5.78 Å². The minimum Gasteiger partial charge on any atom is -0.388 e. The molecule has 0 saturated heterocycles. The molecule has 0 aliphatic rings. The number of halogens is 1. The van der Waals surface area contributed by atoms with Crippen molar-refractivity contribution < 1.29 is 9.90 Å².